The number of anilines is 1. The molecule has 1 heterocycles. The normalized spacial score (nSPS) is 10.0. The van der Waals surface area contributed by atoms with Gasteiger partial charge in [0.15, 0.2) is 0 Å². The molecule has 0 spiro atoms. The molecule has 3 aromatic rings. The largest absolute Gasteiger partial charge is 0.322 e. The molecule has 0 unspecified atom stereocenters. The van der Waals surface area contributed by atoms with Crippen molar-refractivity contribution in [1.29, 1.82) is 5.26 Å². The van der Waals surface area contributed by atoms with Gasteiger partial charge in [-0.15, -0.1) is 0 Å². The number of carbonyl (C=O) groups is 1. The molecule has 0 saturated carbocycles. The highest BCUT2D eigenvalue weighted by Crippen LogP contribution is 2.12. The van der Waals surface area contributed by atoms with E-state index in [1.165, 1.54) is 0 Å². The summed E-state index contributed by atoms with van der Waals surface area (Å²) in [6, 6.07) is 18.1. The summed E-state index contributed by atoms with van der Waals surface area (Å²) in [7, 11) is 0. The lowest BCUT2D eigenvalue weighted by Crippen LogP contribution is -2.12. The van der Waals surface area contributed by atoms with Gasteiger partial charge in [0.2, 0.25) is 0 Å². The van der Waals surface area contributed by atoms with Gasteiger partial charge in [-0.2, -0.15) is 10.4 Å². The Bertz CT molecular complexity index is 828. The van der Waals surface area contributed by atoms with E-state index in [9.17, 15) is 4.79 Å². The Morgan fingerprint density at radius 3 is 2.48 bits per heavy atom. The molecule has 0 saturated heterocycles. The molecular weight excluding hydrogens is 288 g/mol. The van der Waals surface area contributed by atoms with Crippen molar-refractivity contribution in [2.75, 3.05) is 5.32 Å². The van der Waals surface area contributed by atoms with Gasteiger partial charge in [0.25, 0.3) is 5.91 Å². The fraction of sp³-hybridized carbons (Fsp3) is 0.0556. The quantitative estimate of drug-likeness (QED) is 0.805. The first-order valence-corrected chi connectivity index (χ1v) is 7.12. The van der Waals surface area contributed by atoms with Gasteiger partial charge in [0.05, 0.1) is 18.2 Å². The van der Waals surface area contributed by atoms with Crippen molar-refractivity contribution < 1.29 is 4.79 Å². The first kappa shape index (κ1) is 14.5. The lowest BCUT2D eigenvalue weighted by Gasteiger charge is -2.07. The number of carbonyl (C=O) groups excluding carboxylic acids is 1. The smallest absolute Gasteiger partial charge is 0.255 e. The van der Waals surface area contributed by atoms with Crippen molar-refractivity contribution in [3.8, 4) is 6.07 Å². The number of hydrogen-bond donors (Lipinski definition) is 1. The molecule has 0 aliphatic heterocycles. The topological polar surface area (TPSA) is 70.7 Å². The minimum absolute atomic E-state index is 0.180. The number of rotatable bonds is 4. The SMILES string of the molecule is N#Cc1ccc(NC(=O)c2ccc(Cn3cccn3)cc2)cc1. The first-order valence-electron chi connectivity index (χ1n) is 7.12. The molecule has 1 amide bonds. The predicted octanol–water partition coefficient (Wildman–Crippen LogP) is 3.06. The molecular formula is C18H14N4O. The molecule has 1 N–H and O–H groups in total. The van der Waals surface area contributed by atoms with Crippen molar-refractivity contribution in [2.24, 2.45) is 0 Å². The molecule has 0 bridgehead atoms. The third-order valence-electron chi connectivity index (χ3n) is 3.39. The van der Waals surface area contributed by atoms with E-state index in [1.54, 1.807) is 42.6 Å². The number of nitrogens with zero attached hydrogens (tertiary/aromatic N) is 3. The van der Waals surface area contributed by atoms with E-state index in [-0.39, 0.29) is 5.91 Å². The lowest BCUT2D eigenvalue weighted by molar-refractivity contribution is 0.102. The molecule has 0 radical (unpaired) electrons. The zero-order valence-electron chi connectivity index (χ0n) is 12.3. The zero-order valence-corrected chi connectivity index (χ0v) is 12.3. The van der Waals surface area contributed by atoms with Crippen molar-refractivity contribution in [3.63, 3.8) is 0 Å². The monoisotopic (exact) mass is 302 g/mol. The van der Waals surface area contributed by atoms with Crippen LogP contribution in [0.25, 0.3) is 0 Å². The summed E-state index contributed by atoms with van der Waals surface area (Å²) in [5, 5.41) is 15.7. The van der Waals surface area contributed by atoms with Gasteiger partial charge in [0.1, 0.15) is 0 Å². The Hall–Kier alpha value is -3.39. The zero-order chi connectivity index (χ0) is 16.1. The third-order valence-corrected chi connectivity index (χ3v) is 3.39. The summed E-state index contributed by atoms with van der Waals surface area (Å²) in [5.41, 5.74) is 2.88. The second-order valence-electron chi connectivity index (χ2n) is 5.04. The molecule has 23 heavy (non-hydrogen) atoms. The minimum Gasteiger partial charge on any atom is -0.322 e. The molecule has 5 nitrogen and oxygen atoms in total. The van der Waals surface area contributed by atoms with Crippen LogP contribution < -0.4 is 5.32 Å². The Morgan fingerprint density at radius 1 is 1.13 bits per heavy atom. The van der Waals surface area contributed by atoms with Crippen LogP contribution in [0.3, 0.4) is 0 Å². The summed E-state index contributed by atoms with van der Waals surface area (Å²) < 4.78 is 1.83. The van der Waals surface area contributed by atoms with Crippen molar-refractivity contribution >= 4 is 11.6 Å². The molecule has 2 aromatic carbocycles. The Labute approximate surface area is 133 Å². The maximum Gasteiger partial charge on any atom is 0.255 e. The van der Waals surface area contributed by atoms with Gasteiger partial charge in [-0.1, -0.05) is 12.1 Å². The molecule has 0 aliphatic rings. The van der Waals surface area contributed by atoms with Crippen LogP contribution in [0.1, 0.15) is 21.5 Å². The number of hydrogen-bond acceptors (Lipinski definition) is 3. The van der Waals surface area contributed by atoms with Gasteiger partial charge >= 0.3 is 0 Å². The summed E-state index contributed by atoms with van der Waals surface area (Å²) in [5.74, 6) is -0.180. The van der Waals surface area contributed by atoms with Crippen LogP contribution in [0.2, 0.25) is 0 Å². The Morgan fingerprint density at radius 2 is 1.87 bits per heavy atom. The van der Waals surface area contributed by atoms with Crippen LogP contribution in [0, 0.1) is 11.3 Å². The van der Waals surface area contributed by atoms with Crippen LogP contribution in [-0.4, -0.2) is 15.7 Å². The maximum atomic E-state index is 12.2. The summed E-state index contributed by atoms with van der Waals surface area (Å²) in [6.07, 6.45) is 3.63. The number of nitrogens with one attached hydrogen (secondary N) is 1. The first-order chi connectivity index (χ1) is 11.2. The number of nitriles is 1. The minimum atomic E-state index is -0.180. The van der Waals surface area contributed by atoms with Crippen LogP contribution in [0.4, 0.5) is 5.69 Å². The second-order valence-corrected chi connectivity index (χ2v) is 5.04. The summed E-state index contributed by atoms with van der Waals surface area (Å²) in [6.45, 7) is 0.671. The lowest BCUT2D eigenvalue weighted by atomic mass is 10.1. The average molecular weight is 302 g/mol. The fourth-order valence-corrected chi connectivity index (χ4v) is 2.17. The highest BCUT2D eigenvalue weighted by molar-refractivity contribution is 6.04. The molecule has 112 valence electrons. The van der Waals surface area contributed by atoms with Crippen LogP contribution in [-0.2, 0) is 6.54 Å². The molecule has 1 aromatic heterocycles. The van der Waals surface area contributed by atoms with E-state index in [4.69, 9.17) is 5.26 Å². The molecule has 3 rings (SSSR count). The maximum absolute atomic E-state index is 12.2. The van der Waals surface area contributed by atoms with E-state index < -0.39 is 0 Å². The Kier molecular flexibility index (Phi) is 4.16. The number of aromatic nitrogens is 2. The van der Waals surface area contributed by atoms with Crippen molar-refractivity contribution in [1.82, 2.24) is 9.78 Å². The van der Waals surface area contributed by atoms with E-state index >= 15 is 0 Å². The fourth-order valence-electron chi connectivity index (χ4n) is 2.17. The van der Waals surface area contributed by atoms with Gasteiger partial charge in [-0.05, 0) is 48.0 Å². The summed E-state index contributed by atoms with van der Waals surface area (Å²) in [4.78, 5) is 12.2. The van der Waals surface area contributed by atoms with Crippen molar-refractivity contribution in [2.45, 2.75) is 6.54 Å². The molecule has 0 aliphatic carbocycles. The van der Waals surface area contributed by atoms with Gasteiger partial charge in [-0.25, -0.2) is 0 Å². The highest BCUT2D eigenvalue weighted by Gasteiger charge is 2.06. The van der Waals surface area contributed by atoms with Gasteiger partial charge in [0, 0.05) is 23.6 Å². The standard InChI is InChI=1S/C18H14N4O/c19-12-14-4-8-17(9-5-14)21-18(23)16-6-2-15(3-7-16)13-22-11-1-10-20-22/h1-11H,13H2,(H,21,23). The van der Waals surface area contributed by atoms with Gasteiger partial charge < -0.3 is 5.32 Å². The number of benzene rings is 2. The highest BCUT2D eigenvalue weighted by atomic mass is 16.1. The Balaban J connectivity index is 1.66. The molecule has 5 heteroatoms. The second kappa shape index (κ2) is 6.58. The number of amides is 1. The predicted molar refractivity (Wildman–Crippen MR) is 86.9 cm³/mol. The average Bonchev–Trinajstić information content (AvgIpc) is 3.09. The summed E-state index contributed by atoms with van der Waals surface area (Å²) >= 11 is 0. The van der Waals surface area contributed by atoms with E-state index in [0.29, 0.717) is 23.4 Å². The molecule has 0 atom stereocenters. The van der Waals surface area contributed by atoms with E-state index in [2.05, 4.69) is 10.4 Å². The van der Waals surface area contributed by atoms with Gasteiger partial charge in [-0.3, -0.25) is 9.48 Å². The van der Waals surface area contributed by atoms with E-state index in [0.717, 1.165) is 5.56 Å². The van der Waals surface area contributed by atoms with E-state index in [1.807, 2.05) is 35.1 Å². The van der Waals surface area contributed by atoms with Crippen LogP contribution >= 0.6 is 0 Å². The molecule has 0 fully saturated rings. The third kappa shape index (κ3) is 3.63. The van der Waals surface area contributed by atoms with Crippen LogP contribution in [0.5, 0.6) is 0 Å². The van der Waals surface area contributed by atoms with Crippen LogP contribution in [0.15, 0.2) is 67.0 Å². The van der Waals surface area contributed by atoms with Crippen molar-refractivity contribution in [3.05, 3.63) is 83.7 Å².